The molecule has 0 aliphatic carbocycles. The quantitative estimate of drug-likeness (QED) is 0.888. The van der Waals surface area contributed by atoms with Gasteiger partial charge in [-0.3, -0.25) is 4.90 Å². The Labute approximate surface area is 160 Å². The Hall–Kier alpha value is -1.24. The van der Waals surface area contributed by atoms with Crippen LogP contribution in [-0.4, -0.2) is 52.3 Å². The minimum absolute atomic E-state index is 0.260. The summed E-state index contributed by atoms with van der Waals surface area (Å²) in [7, 11) is 0. The summed E-state index contributed by atoms with van der Waals surface area (Å²) < 4.78 is 0. The zero-order valence-electron chi connectivity index (χ0n) is 16.2. The van der Waals surface area contributed by atoms with Crippen LogP contribution in [0.3, 0.4) is 0 Å². The first-order valence-corrected chi connectivity index (χ1v) is 10.8. The van der Waals surface area contributed by atoms with Crippen molar-refractivity contribution >= 4 is 27.4 Å². The number of hydrogen-bond donors (Lipinski definition) is 1. The summed E-state index contributed by atoms with van der Waals surface area (Å²) in [6.45, 7) is 11.4. The molecular formula is C20H30N4OS. The number of nitrogens with zero attached hydrogens (tertiary/aromatic N) is 4. The molecule has 4 rings (SSSR count). The number of piperidine rings is 1. The molecule has 0 bridgehead atoms. The molecule has 2 unspecified atom stereocenters. The second-order valence-corrected chi connectivity index (χ2v) is 9.20. The smallest absolute Gasteiger partial charge is 0.146 e. The number of thiophene rings is 1. The minimum Gasteiger partial charge on any atom is -0.393 e. The summed E-state index contributed by atoms with van der Waals surface area (Å²) in [5, 5.41) is 11.3. The Kier molecular flexibility index (Phi) is 5.17. The average Bonchev–Trinajstić information content (AvgIpc) is 3.23. The Balaban J connectivity index is 1.72. The second kappa shape index (κ2) is 7.41. The van der Waals surface area contributed by atoms with Gasteiger partial charge in [0.25, 0.3) is 0 Å². The maximum atomic E-state index is 10.1. The van der Waals surface area contributed by atoms with E-state index in [-0.39, 0.29) is 6.10 Å². The summed E-state index contributed by atoms with van der Waals surface area (Å²) in [6.07, 6.45) is 4.53. The van der Waals surface area contributed by atoms with Crippen molar-refractivity contribution < 1.29 is 5.11 Å². The molecule has 0 radical (unpaired) electrons. The Morgan fingerprint density at radius 1 is 1.15 bits per heavy atom. The van der Waals surface area contributed by atoms with Crippen LogP contribution in [0.1, 0.15) is 48.9 Å². The summed E-state index contributed by atoms with van der Waals surface area (Å²) in [5.74, 6) is 2.38. The first-order chi connectivity index (χ1) is 12.5. The predicted octanol–water partition coefficient (Wildman–Crippen LogP) is 3.50. The lowest BCUT2D eigenvalue weighted by Gasteiger charge is -2.35. The lowest BCUT2D eigenvalue weighted by Crippen LogP contribution is -2.40. The van der Waals surface area contributed by atoms with Gasteiger partial charge in [0, 0.05) is 23.9 Å². The zero-order valence-corrected chi connectivity index (χ0v) is 17.0. The highest BCUT2D eigenvalue weighted by atomic mass is 32.1. The Morgan fingerprint density at radius 3 is 2.65 bits per heavy atom. The molecule has 142 valence electrons. The van der Waals surface area contributed by atoms with Crippen LogP contribution in [0.15, 0.2) is 0 Å². The molecule has 2 aliphatic rings. The number of aliphatic hydroxyl groups is 1. The van der Waals surface area contributed by atoms with Gasteiger partial charge in [-0.1, -0.05) is 0 Å². The van der Waals surface area contributed by atoms with Gasteiger partial charge >= 0.3 is 0 Å². The van der Waals surface area contributed by atoms with E-state index < -0.39 is 0 Å². The van der Waals surface area contributed by atoms with E-state index in [1.54, 1.807) is 11.3 Å². The van der Waals surface area contributed by atoms with Crippen molar-refractivity contribution in [3.63, 3.8) is 0 Å². The van der Waals surface area contributed by atoms with Crippen molar-refractivity contribution in [3.8, 4) is 0 Å². The molecule has 2 aromatic rings. The number of anilines is 1. The molecule has 2 aliphatic heterocycles. The number of aliphatic hydroxyl groups excluding tert-OH is 1. The summed E-state index contributed by atoms with van der Waals surface area (Å²) in [5.41, 5.74) is 1.31. The third-order valence-electron chi connectivity index (χ3n) is 6.06. The number of likely N-dealkylation sites (tertiary alicyclic amines) is 1. The van der Waals surface area contributed by atoms with Gasteiger partial charge in [-0.15, -0.1) is 11.3 Å². The van der Waals surface area contributed by atoms with E-state index in [4.69, 9.17) is 9.97 Å². The Morgan fingerprint density at radius 2 is 1.92 bits per heavy atom. The zero-order chi connectivity index (χ0) is 18.3. The first-order valence-electron chi connectivity index (χ1n) is 9.95. The van der Waals surface area contributed by atoms with Crippen molar-refractivity contribution in [1.29, 1.82) is 0 Å². The first kappa shape index (κ1) is 18.1. The molecule has 1 N–H and O–H groups in total. The monoisotopic (exact) mass is 374 g/mol. The molecule has 6 heteroatoms. The summed E-state index contributed by atoms with van der Waals surface area (Å²) >= 11 is 1.79. The van der Waals surface area contributed by atoms with E-state index in [0.717, 1.165) is 62.0 Å². The molecule has 0 spiro atoms. The molecule has 0 aromatic carbocycles. The van der Waals surface area contributed by atoms with E-state index in [0.29, 0.717) is 5.92 Å². The molecule has 0 saturated carbocycles. The fourth-order valence-electron chi connectivity index (χ4n) is 4.31. The highest BCUT2D eigenvalue weighted by Crippen LogP contribution is 2.37. The minimum atomic E-state index is -0.260. The van der Waals surface area contributed by atoms with Gasteiger partial charge in [0.1, 0.15) is 16.5 Å². The summed E-state index contributed by atoms with van der Waals surface area (Å²) in [4.78, 5) is 17.3. The number of hydrogen-bond acceptors (Lipinski definition) is 6. The van der Waals surface area contributed by atoms with Crippen LogP contribution in [0, 0.1) is 19.8 Å². The average molecular weight is 375 g/mol. The van der Waals surface area contributed by atoms with Crippen LogP contribution in [0.2, 0.25) is 0 Å². The SMILES string of the molecule is Cc1sc2nc(CN3CCCC3)nc(N3CCCC(C(C)O)C3)c2c1C. The van der Waals surface area contributed by atoms with Crippen molar-refractivity contribution in [1.82, 2.24) is 14.9 Å². The van der Waals surface area contributed by atoms with Crippen LogP contribution in [-0.2, 0) is 6.54 Å². The van der Waals surface area contributed by atoms with Gasteiger partial charge in [-0.2, -0.15) is 0 Å². The third-order valence-corrected chi connectivity index (χ3v) is 7.16. The van der Waals surface area contributed by atoms with E-state index in [1.807, 2.05) is 6.92 Å². The highest BCUT2D eigenvalue weighted by Gasteiger charge is 2.27. The third kappa shape index (κ3) is 3.47. The van der Waals surface area contributed by atoms with Crippen LogP contribution in [0.5, 0.6) is 0 Å². The van der Waals surface area contributed by atoms with E-state index in [1.165, 1.54) is 28.7 Å². The molecule has 5 nitrogen and oxygen atoms in total. The van der Waals surface area contributed by atoms with Gasteiger partial charge in [-0.05, 0) is 65.1 Å². The molecule has 4 heterocycles. The van der Waals surface area contributed by atoms with Crippen LogP contribution in [0.4, 0.5) is 5.82 Å². The van der Waals surface area contributed by atoms with Crippen LogP contribution >= 0.6 is 11.3 Å². The topological polar surface area (TPSA) is 52.5 Å². The number of aromatic nitrogens is 2. The van der Waals surface area contributed by atoms with E-state index in [2.05, 4.69) is 23.6 Å². The van der Waals surface area contributed by atoms with Gasteiger partial charge in [0.05, 0.1) is 18.0 Å². The molecule has 26 heavy (non-hydrogen) atoms. The fourth-order valence-corrected chi connectivity index (χ4v) is 5.35. The van der Waals surface area contributed by atoms with Gasteiger partial charge in [0.15, 0.2) is 0 Å². The Bertz CT molecular complexity index is 782. The van der Waals surface area contributed by atoms with Gasteiger partial charge < -0.3 is 10.0 Å². The molecule has 0 amide bonds. The fraction of sp³-hybridized carbons (Fsp3) is 0.700. The highest BCUT2D eigenvalue weighted by molar-refractivity contribution is 7.18. The largest absolute Gasteiger partial charge is 0.393 e. The van der Waals surface area contributed by atoms with Gasteiger partial charge in [0.2, 0.25) is 0 Å². The molecule has 2 aromatic heterocycles. The standard InChI is InChI=1S/C20H30N4OS/c1-13-15(3)26-20-18(13)19(24-10-6-7-16(11-24)14(2)25)21-17(22-20)12-23-8-4-5-9-23/h14,16,25H,4-12H2,1-3H3. The predicted molar refractivity (Wildman–Crippen MR) is 108 cm³/mol. The molecule has 2 atom stereocenters. The lowest BCUT2D eigenvalue weighted by molar-refractivity contribution is 0.115. The van der Waals surface area contributed by atoms with E-state index in [9.17, 15) is 5.11 Å². The molecular weight excluding hydrogens is 344 g/mol. The number of aryl methyl sites for hydroxylation is 2. The van der Waals surface area contributed by atoms with Crippen LogP contribution < -0.4 is 4.90 Å². The van der Waals surface area contributed by atoms with Gasteiger partial charge in [-0.25, -0.2) is 9.97 Å². The van der Waals surface area contributed by atoms with Crippen molar-refractivity contribution in [3.05, 3.63) is 16.3 Å². The number of fused-ring (bicyclic) bond motifs is 1. The molecule has 2 fully saturated rings. The molecule has 2 saturated heterocycles. The lowest BCUT2D eigenvalue weighted by atomic mass is 9.93. The summed E-state index contributed by atoms with van der Waals surface area (Å²) in [6, 6.07) is 0. The maximum absolute atomic E-state index is 10.1. The van der Waals surface area contributed by atoms with Crippen molar-refractivity contribution in [2.45, 2.75) is 59.1 Å². The normalized spacial score (nSPS) is 23.1. The number of rotatable bonds is 4. The van der Waals surface area contributed by atoms with E-state index >= 15 is 0 Å². The van der Waals surface area contributed by atoms with Crippen molar-refractivity contribution in [2.75, 3.05) is 31.1 Å². The van der Waals surface area contributed by atoms with Crippen molar-refractivity contribution in [2.24, 2.45) is 5.92 Å². The van der Waals surface area contributed by atoms with Crippen LogP contribution in [0.25, 0.3) is 10.2 Å². The second-order valence-electron chi connectivity index (χ2n) is 8.00. The maximum Gasteiger partial charge on any atom is 0.146 e.